The third-order valence-electron chi connectivity index (χ3n) is 10.2. The van der Waals surface area contributed by atoms with E-state index in [-0.39, 0.29) is 0 Å². The molecule has 2 nitrogen and oxygen atoms in total. The summed E-state index contributed by atoms with van der Waals surface area (Å²) in [5.41, 5.74) is 5.12. The molecule has 3 rings (SSSR count). The van der Waals surface area contributed by atoms with E-state index >= 15 is 4.20 Å². The van der Waals surface area contributed by atoms with Crippen molar-refractivity contribution >= 4 is 20.4 Å². The zero-order valence-corrected chi connectivity index (χ0v) is 33.9. The minimum Gasteiger partial charge on any atom is -0.413 e. The van der Waals surface area contributed by atoms with Gasteiger partial charge in [-0.05, 0) is 85.8 Å². The van der Waals surface area contributed by atoms with Gasteiger partial charge in [-0.15, -0.1) is 4.20 Å². The van der Waals surface area contributed by atoms with Gasteiger partial charge in [-0.2, -0.15) is 0 Å². The monoisotopic (exact) mass is 714 g/mol. The van der Waals surface area contributed by atoms with E-state index in [1.165, 1.54) is 164 Å². The molecular weight excluding hydrogens is 643 g/mol. The van der Waals surface area contributed by atoms with Crippen LogP contribution in [0.4, 0.5) is 4.20 Å². The lowest BCUT2D eigenvalue weighted by Gasteiger charge is -2.25. The summed E-state index contributed by atoms with van der Waals surface area (Å²) >= 11 is 1.77. The Balaban J connectivity index is 1.88. The second-order valence-corrected chi connectivity index (χ2v) is 16.6. The number of unbranched alkanes of at least 4 members (excludes halogenated alkanes) is 20. The van der Waals surface area contributed by atoms with E-state index in [1.54, 1.807) is 11.8 Å². The highest BCUT2D eigenvalue weighted by Gasteiger charge is 2.28. The molecule has 49 heavy (non-hydrogen) atoms. The molecule has 0 atom stereocenters. The number of benzene rings is 2. The van der Waals surface area contributed by atoms with Gasteiger partial charge in [-0.25, -0.2) is 0 Å². The van der Waals surface area contributed by atoms with Gasteiger partial charge in [-0.3, -0.25) is 0 Å². The van der Waals surface area contributed by atoms with Crippen molar-refractivity contribution in [2.24, 2.45) is 0 Å². The van der Waals surface area contributed by atoms with Crippen LogP contribution in [0.5, 0.6) is 11.5 Å². The maximum atomic E-state index is 15.9. The minimum atomic E-state index is -2.57. The quantitative estimate of drug-likeness (QED) is 0.0646. The number of fused-ring (bicyclic) bond motifs is 2. The van der Waals surface area contributed by atoms with Crippen LogP contribution in [0.1, 0.15) is 204 Å². The Morgan fingerprint density at radius 1 is 0.429 bits per heavy atom. The zero-order valence-electron chi connectivity index (χ0n) is 32.2. The van der Waals surface area contributed by atoms with Crippen LogP contribution in [0.3, 0.4) is 0 Å². The highest BCUT2D eigenvalue weighted by atomic mass is 32.2. The molecule has 0 unspecified atom stereocenters. The second-order valence-electron chi connectivity index (χ2n) is 14.7. The Kier molecular flexibility index (Phi) is 22.8. The summed E-state index contributed by atoms with van der Waals surface area (Å²) in [6.07, 6.45) is 34.6. The van der Waals surface area contributed by atoms with Crippen molar-refractivity contribution in [1.82, 2.24) is 0 Å². The van der Waals surface area contributed by atoms with Crippen molar-refractivity contribution in [3.63, 3.8) is 0 Å². The molecule has 0 saturated heterocycles. The van der Waals surface area contributed by atoms with Crippen molar-refractivity contribution in [1.29, 1.82) is 0 Å². The molecule has 1 aliphatic rings. The lowest BCUT2D eigenvalue weighted by molar-refractivity contribution is 0.420. The standard InChI is InChI=1S/C44H72FO2PS/c1-5-9-13-17-21-25-29-37-33-39(31-27-23-19-15-11-7-3)43-41(35-37)49-42-36-38(30-26-22-18-14-10-6-2)34-40(44(42)47-48(45)46-43)32-28-24-20-16-12-8-4/h33-36H,5-32H2,1-4H3. The number of hydrogen-bond donors (Lipinski definition) is 0. The van der Waals surface area contributed by atoms with Gasteiger partial charge in [0, 0.05) is 0 Å². The van der Waals surface area contributed by atoms with Gasteiger partial charge >= 0.3 is 8.69 Å². The third-order valence-corrected chi connectivity index (χ3v) is 11.9. The van der Waals surface area contributed by atoms with E-state index in [2.05, 4.69) is 52.0 Å². The van der Waals surface area contributed by atoms with Crippen molar-refractivity contribution in [3.05, 3.63) is 46.5 Å². The first-order valence-corrected chi connectivity index (χ1v) is 22.8. The Morgan fingerprint density at radius 3 is 1.08 bits per heavy atom. The average Bonchev–Trinajstić information content (AvgIpc) is 3.09. The molecule has 0 aromatic heterocycles. The summed E-state index contributed by atoms with van der Waals surface area (Å²) in [7, 11) is -2.57. The van der Waals surface area contributed by atoms with E-state index in [0.717, 1.165) is 59.8 Å². The average molecular weight is 715 g/mol. The maximum absolute atomic E-state index is 15.9. The summed E-state index contributed by atoms with van der Waals surface area (Å²) in [4.78, 5) is 2.17. The van der Waals surface area contributed by atoms with E-state index in [4.69, 9.17) is 9.05 Å². The molecular formula is C44H72FO2PS. The van der Waals surface area contributed by atoms with Gasteiger partial charge in [0.25, 0.3) is 0 Å². The highest BCUT2D eigenvalue weighted by Crippen LogP contribution is 2.54. The molecule has 0 bridgehead atoms. The van der Waals surface area contributed by atoms with Crippen LogP contribution in [-0.4, -0.2) is 0 Å². The molecule has 0 amide bonds. The van der Waals surface area contributed by atoms with Crippen LogP contribution in [0.15, 0.2) is 34.1 Å². The van der Waals surface area contributed by atoms with Crippen LogP contribution in [0.25, 0.3) is 0 Å². The topological polar surface area (TPSA) is 18.5 Å². The molecule has 0 radical (unpaired) electrons. The molecule has 0 saturated carbocycles. The van der Waals surface area contributed by atoms with Crippen molar-refractivity contribution < 1.29 is 13.2 Å². The number of halogens is 1. The highest BCUT2D eigenvalue weighted by molar-refractivity contribution is 7.99. The van der Waals surface area contributed by atoms with Crippen LogP contribution >= 0.6 is 20.4 Å². The molecule has 0 spiro atoms. The van der Waals surface area contributed by atoms with Gasteiger partial charge in [-0.1, -0.05) is 180 Å². The maximum Gasteiger partial charge on any atom is 0.505 e. The van der Waals surface area contributed by atoms with E-state index in [9.17, 15) is 0 Å². The Hall–Kier alpha value is -1.25. The van der Waals surface area contributed by atoms with Crippen LogP contribution in [0, 0.1) is 0 Å². The molecule has 2 aromatic rings. The molecule has 1 heterocycles. The predicted molar refractivity (Wildman–Crippen MR) is 215 cm³/mol. The normalized spacial score (nSPS) is 13.0. The zero-order chi connectivity index (χ0) is 34.9. The van der Waals surface area contributed by atoms with Gasteiger partial charge in [0.1, 0.15) is 11.5 Å². The predicted octanol–water partition coefficient (Wildman–Crippen LogP) is 16.4. The van der Waals surface area contributed by atoms with Crippen molar-refractivity contribution in [3.8, 4) is 11.5 Å². The second kappa shape index (κ2) is 26.5. The van der Waals surface area contributed by atoms with E-state index in [0.29, 0.717) is 0 Å². The van der Waals surface area contributed by atoms with Crippen LogP contribution in [0.2, 0.25) is 0 Å². The number of aryl methyl sites for hydroxylation is 4. The Morgan fingerprint density at radius 2 is 0.735 bits per heavy atom. The summed E-state index contributed by atoms with van der Waals surface area (Å²) in [6, 6.07) is 9.32. The molecule has 1 aliphatic heterocycles. The summed E-state index contributed by atoms with van der Waals surface area (Å²) in [6.45, 7) is 9.11. The largest absolute Gasteiger partial charge is 0.505 e. The first kappa shape index (κ1) is 42.2. The first-order valence-electron chi connectivity index (χ1n) is 20.9. The van der Waals surface area contributed by atoms with Crippen molar-refractivity contribution in [2.45, 2.75) is 217 Å². The molecule has 0 fully saturated rings. The Bertz CT molecular complexity index is 1070. The Labute approximate surface area is 307 Å². The molecule has 0 N–H and O–H groups in total. The fourth-order valence-electron chi connectivity index (χ4n) is 7.16. The van der Waals surface area contributed by atoms with Crippen LogP contribution < -0.4 is 9.05 Å². The fourth-order valence-corrected chi connectivity index (χ4v) is 9.22. The number of rotatable bonds is 28. The third kappa shape index (κ3) is 16.8. The molecule has 2 aromatic carbocycles. The fraction of sp³-hybridized carbons (Fsp3) is 0.727. The van der Waals surface area contributed by atoms with Gasteiger partial charge < -0.3 is 9.05 Å². The first-order chi connectivity index (χ1) is 24.1. The van der Waals surface area contributed by atoms with Gasteiger partial charge in [0.05, 0.1) is 9.79 Å². The van der Waals surface area contributed by atoms with Gasteiger partial charge in [0.2, 0.25) is 0 Å². The minimum absolute atomic E-state index is 0.739. The molecule has 278 valence electrons. The molecule has 5 heteroatoms. The smallest absolute Gasteiger partial charge is 0.413 e. The lowest BCUT2D eigenvalue weighted by Crippen LogP contribution is -2.05. The summed E-state index contributed by atoms with van der Waals surface area (Å²) < 4.78 is 28.2. The summed E-state index contributed by atoms with van der Waals surface area (Å²) in [5.74, 6) is 1.48. The van der Waals surface area contributed by atoms with E-state index < -0.39 is 8.69 Å². The molecule has 0 aliphatic carbocycles. The van der Waals surface area contributed by atoms with Gasteiger partial charge in [0.15, 0.2) is 0 Å². The SMILES string of the molecule is CCCCCCCCc1cc(CCCCCCCC)c2c(c1)Sc1cc(CCCCCCCC)cc(CCCCCCCC)c1OP(F)O2. The van der Waals surface area contributed by atoms with Crippen molar-refractivity contribution in [2.75, 3.05) is 0 Å². The summed E-state index contributed by atoms with van der Waals surface area (Å²) in [5, 5.41) is 0. The van der Waals surface area contributed by atoms with E-state index in [1.807, 2.05) is 0 Å². The number of hydrogen-bond acceptors (Lipinski definition) is 3. The lowest BCUT2D eigenvalue weighted by atomic mass is 9.99. The van der Waals surface area contributed by atoms with Crippen LogP contribution in [-0.2, 0) is 25.7 Å².